The molecule has 0 fully saturated rings. The van der Waals surface area contributed by atoms with E-state index in [1.54, 1.807) is 7.05 Å². The van der Waals surface area contributed by atoms with Crippen LogP contribution in [0.2, 0.25) is 0 Å². The molecular weight excluding hydrogens is 232 g/mol. The smallest absolute Gasteiger partial charge is 0.190 e. The lowest BCUT2D eigenvalue weighted by atomic mass is 10.2. The number of hydrogen-bond donors (Lipinski definition) is 2. The standard InChI is InChI=1S/C9H12N2OS.2C2H6/c1-10-9(13)11-12-7-8-5-3-2-4-6-8;2*1-2/h2-6H,7H2,1H3,(H2,10,11,13);2*1-2H3. The summed E-state index contributed by atoms with van der Waals surface area (Å²) in [6.45, 7) is 8.50. The van der Waals surface area contributed by atoms with Crippen LogP contribution in [0.5, 0.6) is 0 Å². The van der Waals surface area contributed by atoms with Crippen molar-refractivity contribution < 1.29 is 4.84 Å². The van der Waals surface area contributed by atoms with E-state index in [-0.39, 0.29) is 0 Å². The average Bonchev–Trinajstić information content (AvgIpc) is 2.44. The molecule has 0 aliphatic heterocycles. The predicted molar refractivity (Wildman–Crippen MR) is 78.7 cm³/mol. The Hall–Kier alpha value is -1.13. The minimum Gasteiger partial charge on any atom is -0.364 e. The Labute approximate surface area is 111 Å². The largest absolute Gasteiger partial charge is 0.364 e. The summed E-state index contributed by atoms with van der Waals surface area (Å²) < 4.78 is 0. The molecule has 0 aliphatic carbocycles. The summed E-state index contributed by atoms with van der Waals surface area (Å²) in [6, 6.07) is 9.88. The van der Waals surface area contributed by atoms with E-state index in [2.05, 4.69) is 10.8 Å². The van der Waals surface area contributed by atoms with Gasteiger partial charge in [-0.05, 0) is 17.8 Å². The van der Waals surface area contributed by atoms with Crippen molar-refractivity contribution in [2.24, 2.45) is 0 Å². The van der Waals surface area contributed by atoms with E-state index in [1.807, 2.05) is 58.0 Å². The zero-order chi connectivity index (χ0) is 13.5. The molecule has 0 radical (unpaired) electrons. The first-order valence-corrected chi connectivity index (χ1v) is 6.37. The highest BCUT2D eigenvalue weighted by molar-refractivity contribution is 7.80. The highest BCUT2D eigenvalue weighted by Gasteiger charge is 1.92. The quantitative estimate of drug-likeness (QED) is 0.642. The van der Waals surface area contributed by atoms with E-state index in [9.17, 15) is 0 Å². The summed E-state index contributed by atoms with van der Waals surface area (Å²) in [5, 5.41) is 3.23. The fourth-order valence-corrected chi connectivity index (χ4v) is 0.869. The molecular formula is C13H24N2OS. The first-order valence-electron chi connectivity index (χ1n) is 5.96. The van der Waals surface area contributed by atoms with E-state index in [0.717, 1.165) is 5.56 Å². The third-order valence-corrected chi connectivity index (χ3v) is 1.76. The van der Waals surface area contributed by atoms with Crippen LogP contribution in [0.15, 0.2) is 30.3 Å². The average molecular weight is 256 g/mol. The normalized spacial score (nSPS) is 7.82. The Morgan fingerprint density at radius 2 is 1.65 bits per heavy atom. The topological polar surface area (TPSA) is 33.3 Å². The number of thiocarbonyl (C=S) groups is 1. The molecule has 0 aliphatic rings. The van der Waals surface area contributed by atoms with Crippen LogP contribution < -0.4 is 10.8 Å². The van der Waals surface area contributed by atoms with Gasteiger partial charge in [0.15, 0.2) is 5.11 Å². The third kappa shape index (κ3) is 11.1. The van der Waals surface area contributed by atoms with Crippen molar-refractivity contribution in [3.8, 4) is 0 Å². The van der Waals surface area contributed by atoms with Gasteiger partial charge >= 0.3 is 0 Å². The highest BCUT2D eigenvalue weighted by atomic mass is 32.1. The molecule has 0 bridgehead atoms. The van der Waals surface area contributed by atoms with Gasteiger partial charge in [0.2, 0.25) is 0 Å². The van der Waals surface area contributed by atoms with Crippen LogP contribution in [-0.4, -0.2) is 12.2 Å². The van der Waals surface area contributed by atoms with Crippen LogP contribution in [-0.2, 0) is 11.4 Å². The molecule has 0 saturated carbocycles. The second kappa shape index (κ2) is 14.9. The van der Waals surface area contributed by atoms with Crippen LogP contribution in [0.25, 0.3) is 0 Å². The summed E-state index contributed by atoms with van der Waals surface area (Å²) in [7, 11) is 1.74. The van der Waals surface area contributed by atoms with Crippen LogP contribution in [0, 0.1) is 0 Å². The van der Waals surface area contributed by atoms with E-state index < -0.39 is 0 Å². The molecule has 1 rings (SSSR count). The zero-order valence-corrected chi connectivity index (χ0v) is 12.2. The predicted octanol–water partition coefficient (Wildman–Crippen LogP) is 3.26. The van der Waals surface area contributed by atoms with Crippen molar-refractivity contribution in [1.29, 1.82) is 0 Å². The lowest BCUT2D eigenvalue weighted by molar-refractivity contribution is 0.0709. The first kappa shape index (κ1) is 18.2. The Kier molecular flexibility index (Phi) is 16.0. The van der Waals surface area contributed by atoms with Gasteiger partial charge in [-0.2, -0.15) is 0 Å². The van der Waals surface area contributed by atoms with Crippen molar-refractivity contribution in [1.82, 2.24) is 10.8 Å². The van der Waals surface area contributed by atoms with Crippen LogP contribution >= 0.6 is 12.2 Å². The van der Waals surface area contributed by atoms with Crippen molar-refractivity contribution >= 4 is 17.3 Å². The van der Waals surface area contributed by atoms with E-state index in [4.69, 9.17) is 17.1 Å². The summed E-state index contributed by atoms with van der Waals surface area (Å²) >= 11 is 4.82. The monoisotopic (exact) mass is 256 g/mol. The van der Waals surface area contributed by atoms with Gasteiger partial charge in [0.25, 0.3) is 0 Å². The summed E-state index contributed by atoms with van der Waals surface area (Å²) in [5.41, 5.74) is 3.71. The fourth-order valence-electron chi connectivity index (χ4n) is 0.810. The Morgan fingerprint density at radius 1 is 1.12 bits per heavy atom. The van der Waals surface area contributed by atoms with Crippen LogP contribution in [0.1, 0.15) is 33.3 Å². The van der Waals surface area contributed by atoms with Gasteiger partial charge in [0, 0.05) is 7.05 Å². The molecule has 17 heavy (non-hydrogen) atoms. The van der Waals surface area contributed by atoms with Gasteiger partial charge in [-0.25, -0.2) is 5.48 Å². The molecule has 98 valence electrons. The van der Waals surface area contributed by atoms with Crippen molar-refractivity contribution in [3.63, 3.8) is 0 Å². The first-order chi connectivity index (χ1) is 8.33. The molecule has 0 spiro atoms. The molecule has 0 aromatic heterocycles. The van der Waals surface area contributed by atoms with Crippen molar-refractivity contribution in [3.05, 3.63) is 35.9 Å². The van der Waals surface area contributed by atoms with Gasteiger partial charge in [-0.15, -0.1) is 0 Å². The maximum Gasteiger partial charge on any atom is 0.190 e. The summed E-state index contributed by atoms with van der Waals surface area (Å²) in [6.07, 6.45) is 0. The summed E-state index contributed by atoms with van der Waals surface area (Å²) in [4.78, 5) is 5.12. The number of hydrogen-bond acceptors (Lipinski definition) is 2. The minimum absolute atomic E-state index is 0.482. The SMILES string of the molecule is CC.CC.CNC(=S)NOCc1ccccc1. The Bertz CT molecular complexity index is 265. The van der Waals surface area contributed by atoms with E-state index in [0.29, 0.717) is 11.7 Å². The molecule has 0 atom stereocenters. The molecule has 1 aromatic rings. The Morgan fingerprint density at radius 3 is 2.12 bits per heavy atom. The van der Waals surface area contributed by atoms with Crippen molar-refractivity contribution in [2.75, 3.05) is 7.05 Å². The fraction of sp³-hybridized carbons (Fsp3) is 0.462. The van der Waals surface area contributed by atoms with Crippen molar-refractivity contribution in [2.45, 2.75) is 34.3 Å². The molecule has 0 saturated heterocycles. The number of hydroxylamine groups is 1. The molecule has 3 nitrogen and oxygen atoms in total. The molecule has 2 N–H and O–H groups in total. The molecule has 0 unspecified atom stereocenters. The molecule has 4 heteroatoms. The second-order valence-corrected chi connectivity index (χ2v) is 2.86. The lowest BCUT2D eigenvalue weighted by Gasteiger charge is -2.06. The van der Waals surface area contributed by atoms with E-state index in [1.165, 1.54) is 0 Å². The maximum absolute atomic E-state index is 5.12. The molecule has 0 amide bonds. The van der Waals surface area contributed by atoms with Gasteiger partial charge < -0.3 is 5.32 Å². The molecule has 0 heterocycles. The van der Waals surface area contributed by atoms with Gasteiger partial charge in [0.05, 0.1) is 6.61 Å². The van der Waals surface area contributed by atoms with Gasteiger partial charge in [-0.1, -0.05) is 58.0 Å². The number of nitrogens with one attached hydrogen (secondary N) is 2. The minimum atomic E-state index is 0.482. The highest BCUT2D eigenvalue weighted by Crippen LogP contribution is 1.98. The zero-order valence-electron chi connectivity index (χ0n) is 11.4. The summed E-state index contributed by atoms with van der Waals surface area (Å²) in [5.74, 6) is 0. The number of rotatable bonds is 3. The second-order valence-electron chi connectivity index (χ2n) is 2.46. The maximum atomic E-state index is 5.12. The Balaban J connectivity index is 0. The number of benzene rings is 1. The molecule has 1 aromatic carbocycles. The van der Waals surface area contributed by atoms with Crippen LogP contribution in [0.3, 0.4) is 0 Å². The lowest BCUT2D eigenvalue weighted by Crippen LogP contribution is -2.32. The van der Waals surface area contributed by atoms with Gasteiger partial charge in [-0.3, -0.25) is 4.84 Å². The third-order valence-electron chi connectivity index (χ3n) is 1.47. The van der Waals surface area contributed by atoms with E-state index >= 15 is 0 Å². The van der Waals surface area contributed by atoms with Crippen LogP contribution in [0.4, 0.5) is 0 Å². The van der Waals surface area contributed by atoms with Gasteiger partial charge in [0.1, 0.15) is 0 Å².